The molecule has 22 heavy (non-hydrogen) atoms. The van der Waals surface area contributed by atoms with Crippen LogP contribution in [-0.2, 0) is 12.8 Å². The van der Waals surface area contributed by atoms with Gasteiger partial charge in [0.25, 0.3) is 0 Å². The van der Waals surface area contributed by atoms with E-state index in [1.165, 1.54) is 68.1 Å². The molecule has 3 rings (SSSR count). The van der Waals surface area contributed by atoms with Crippen LogP contribution in [0.1, 0.15) is 99.3 Å². The van der Waals surface area contributed by atoms with E-state index in [2.05, 4.69) is 13.8 Å². The molecular formula is C20H32N2. The quantitative estimate of drug-likeness (QED) is 0.742. The molecule has 0 radical (unpaired) electrons. The van der Waals surface area contributed by atoms with Crippen LogP contribution in [0.15, 0.2) is 0 Å². The molecule has 0 atom stereocenters. The lowest BCUT2D eigenvalue weighted by Crippen LogP contribution is -2.15. The monoisotopic (exact) mass is 300 g/mol. The normalized spacial score (nSPS) is 20.1. The van der Waals surface area contributed by atoms with E-state index >= 15 is 0 Å². The highest BCUT2D eigenvalue weighted by Gasteiger charge is 2.30. The van der Waals surface area contributed by atoms with Gasteiger partial charge in [0.2, 0.25) is 0 Å². The van der Waals surface area contributed by atoms with Crippen molar-refractivity contribution in [3.8, 4) is 0 Å². The van der Waals surface area contributed by atoms with Crippen LogP contribution in [-0.4, -0.2) is 0 Å². The fourth-order valence-corrected chi connectivity index (χ4v) is 5.07. The first-order chi connectivity index (χ1) is 10.7. The van der Waals surface area contributed by atoms with E-state index in [1.807, 2.05) is 0 Å². The van der Waals surface area contributed by atoms with Gasteiger partial charge in [0.05, 0.1) is 0 Å². The fourth-order valence-electron chi connectivity index (χ4n) is 5.07. The van der Waals surface area contributed by atoms with Crippen LogP contribution >= 0.6 is 0 Å². The Hall–Kier alpha value is -1.18. The van der Waals surface area contributed by atoms with Gasteiger partial charge < -0.3 is 11.5 Å². The number of hydrogen-bond acceptors (Lipinski definition) is 2. The Kier molecular flexibility index (Phi) is 4.65. The topological polar surface area (TPSA) is 52.0 Å². The van der Waals surface area contributed by atoms with E-state index in [0.29, 0.717) is 11.8 Å². The predicted molar refractivity (Wildman–Crippen MR) is 96.4 cm³/mol. The van der Waals surface area contributed by atoms with Crippen molar-refractivity contribution in [3.05, 3.63) is 22.3 Å². The third-order valence-electron chi connectivity index (χ3n) is 6.11. The molecule has 0 heterocycles. The summed E-state index contributed by atoms with van der Waals surface area (Å²) in [7, 11) is 0. The second-order valence-electron chi connectivity index (χ2n) is 7.28. The molecule has 122 valence electrons. The lowest BCUT2D eigenvalue weighted by molar-refractivity contribution is 0.694. The molecule has 2 saturated carbocycles. The predicted octanol–water partition coefficient (Wildman–Crippen LogP) is 5.29. The van der Waals surface area contributed by atoms with Gasteiger partial charge in [0.15, 0.2) is 0 Å². The molecule has 0 bridgehead atoms. The van der Waals surface area contributed by atoms with Gasteiger partial charge in [-0.15, -0.1) is 0 Å². The van der Waals surface area contributed by atoms with Crippen LogP contribution in [0.3, 0.4) is 0 Å². The van der Waals surface area contributed by atoms with Crippen LogP contribution < -0.4 is 11.5 Å². The number of rotatable bonds is 4. The smallest absolute Gasteiger partial charge is 0.0405 e. The van der Waals surface area contributed by atoms with Gasteiger partial charge in [-0.05, 0) is 67.1 Å². The average Bonchev–Trinajstić information content (AvgIpc) is 3.20. The minimum absolute atomic E-state index is 0.605. The molecule has 1 aromatic rings. The van der Waals surface area contributed by atoms with E-state index in [9.17, 15) is 0 Å². The van der Waals surface area contributed by atoms with E-state index < -0.39 is 0 Å². The summed E-state index contributed by atoms with van der Waals surface area (Å²) in [5, 5.41) is 0. The van der Waals surface area contributed by atoms with Gasteiger partial charge in [-0.2, -0.15) is 0 Å². The lowest BCUT2D eigenvalue weighted by Gasteiger charge is -2.28. The van der Waals surface area contributed by atoms with E-state index in [4.69, 9.17) is 11.5 Å². The molecular weight excluding hydrogens is 268 g/mol. The van der Waals surface area contributed by atoms with Crippen molar-refractivity contribution < 1.29 is 0 Å². The Morgan fingerprint density at radius 1 is 0.682 bits per heavy atom. The van der Waals surface area contributed by atoms with Crippen molar-refractivity contribution in [1.82, 2.24) is 0 Å². The van der Waals surface area contributed by atoms with Crippen molar-refractivity contribution in [2.24, 2.45) is 0 Å². The summed E-state index contributed by atoms with van der Waals surface area (Å²) in [5.74, 6) is 1.31. The van der Waals surface area contributed by atoms with Gasteiger partial charge >= 0.3 is 0 Å². The maximum atomic E-state index is 6.69. The highest BCUT2D eigenvalue weighted by atomic mass is 14.7. The SMILES string of the molecule is CCc1c(N)c(C2CCCC2)c(N)c(CC)c1C1CCCC1. The third-order valence-corrected chi connectivity index (χ3v) is 6.11. The lowest BCUT2D eigenvalue weighted by atomic mass is 9.80. The van der Waals surface area contributed by atoms with Crippen molar-refractivity contribution in [2.45, 2.75) is 89.9 Å². The van der Waals surface area contributed by atoms with Gasteiger partial charge in [-0.1, -0.05) is 39.5 Å². The summed E-state index contributed by atoms with van der Waals surface area (Å²) in [6, 6.07) is 0. The van der Waals surface area contributed by atoms with Crippen molar-refractivity contribution >= 4 is 11.4 Å². The zero-order valence-corrected chi connectivity index (χ0v) is 14.4. The van der Waals surface area contributed by atoms with E-state index in [-0.39, 0.29) is 0 Å². The second-order valence-corrected chi connectivity index (χ2v) is 7.28. The van der Waals surface area contributed by atoms with Gasteiger partial charge in [0.1, 0.15) is 0 Å². The molecule has 2 aliphatic carbocycles. The molecule has 1 aromatic carbocycles. The first-order valence-corrected chi connectivity index (χ1v) is 9.41. The molecule has 2 fully saturated rings. The molecule has 4 N–H and O–H groups in total. The summed E-state index contributed by atoms with van der Waals surface area (Å²) in [6.45, 7) is 4.52. The third kappa shape index (κ3) is 2.51. The molecule has 0 aromatic heterocycles. The maximum Gasteiger partial charge on any atom is 0.0405 e. The summed E-state index contributed by atoms with van der Waals surface area (Å²) < 4.78 is 0. The number of nitrogen functional groups attached to an aromatic ring is 2. The minimum Gasteiger partial charge on any atom is -0.398 e. The highest BCUT2D eigenvalue weighted by Crippen LogP contribution is 2.48. The first-order valence-electron chi connectivity index (χ1n) is 9.41. The zero-order valence-electron chi connectivity index (χ0n) is 14.4. The maximum absolute atomic E-state index is 6.69. The number of anilines is 2. The Labute approximate surface area is 135 Å². The van der Waals surface area contributed by atoms with Crippen molar-refractivity contribution in [2.75, 3.05) is 11.5 Å². The molecule has 0 saturated heterocycles. The average molecular weight is 300 g/mol. The summed E-state index contributed by atoms with van der Waals surface area (Å²) in [5.41, 5.74) is 21.2. The standard InChI is InChI=1S/C20H32N2/c1-3-15-17(13-9-5-6-10-13)16(4-2)20(22)18(19(15)21)14-11-7-8-12-14/h13-14H,3-12,21-22H2,1-2H3. The van der Waals surface area contributed by atoms with Gasteiger partial charge in [0, 0.05) is 16.9 Å². The highest BCUT2D eigenvalue weighted by molar-refractivity contribution is 5.74. The molecule has 2 heteroatoms. The van der Waals surface area contributed by atoms with Crippen LogP contribution in [0.4, 0.5) is 11.4 Å². The fraction of sp³-hybridized carbons (Fsp3) is 0.700. The molecule has 0 amide bonds. The van der Waals surface area contributed by atoms with Gasteiger partial charge in [-0.3, -0.25) is 0 Å². The number of hydrogen-bond donors (Lipinski definition) is 2. The van der Waals surface area contributed by atoms with Crippen LogP contribution in [0.5, 0.6) is 0 Å². The summed E-state index contributed by atoms with van der Waals surface area (Å²) >= 11 is 0. The van der Waals surface area contributed by atoms with Crippen LogP contribution in [0.25, 0.3) is 0 Å². The Morgan fingerprint density at radius 2 is 1.05 bits per heavy atom. The molecule has 0 aliphatic heterocycles. The first kappa shape index (κ1) is 15.7. The Balaban J connectivity index is 2.17. The Morgan fingerprint density at radius 3 is 1.41 bits per heavy atom. The molecule has 0 unspecified atom stereocenters. The summed E-state index contributed by atoms with van der Waals surface area (Å²) in [4.78, 5) is 0. The van der Waals surface area contributed by atoms with E-state index in [0.717, 1.165) is 24.2 Å². The number of benzene rings is 1. The van der Waals surface area contributed by atoms with Crippen molar-refractivity contribution in [1.29, 1.82) is 0 Å². The minimum atomic E-state index is 0.605. The van der Waals surface area contributed by atoms with Crippen LogP contribution in [0, 0.1) is 0 Å². The van der Waals surface area contributed by atoms with Crippen molar-refractivity contribution in [3.63, 3.8) is 0 Å². The summed E-state index contributed by atoms with van der Waals surface area (Å²) in [6.07, 6.45) is 12.7. The van der Waals surface area contributed by atoms with E-state index in [1.54, 1.807) is 5.56 Å². The molecule has 2 aliphatic rings. The molecule has 2 nitrogen and oxygen atoms in total. The largest absolute Gasteiger partial charge is 0.398 e. The number of nitrogens with two attached hydrogens (primary N) is 2. The second kappa shape index (κ2) is 6.52. The molecule has 0 spiro atoms. The Bertz CT molecular complexity index is 504. The zero-order chi connectivity index (χ0) is 15.7. The van der Waals surface area contributed by atoms with Crippen LogP contribution in [0.2, 0.25) is 0 Å². The van der Waals surface area contributed by atoms with Gasteiger partial charge in [-0.25, -0.2) is 0 Å².